The van der Waals surface area contributed by atoms with Gasteiger partial charge in [0, 0.05) is 0 Å². The Labute approximate surface area is 117 Å². The molecule has 3 nitrogen and oxygen atoms in total. The molecular weight excluding hydrogens is 236 g/mol. The van der Waals surface area contributed by atoms with Crippen LogP contribution in [0, 0.1) is 5.92 Å². The van der Waals surface area contributed by atoms with Crippen LogP contribution < -0.4 is 9.80 Å². The molecule has 0 bridgehead atoms. The average Bonchev–Trinajstić information content (AvgIpc) is 2.42. The highest BCUT2D eigenvalue weighted by Crippen LogP contribution is 2.27. The van der Waals surface area contributed by atoms with E-state index in [1.54, 1.807) is 15.4 Å². The Morgan fingerprint density at radius 3 is 2.53 bits per heavy atom. The van der Waals surface area contributed by atoms with Gasteiger partial charge in [0.25, 0.3) is 0 Å². The van der Waals surface area contributed by atoms with Gasteiger partial charge in [-0.1, -0.05) is 18.2 Å². The van der Waals surface area contributed by atoms with Gasteiger partial charge in [0.1, 0.15) is 32.7 Å². The number of hydrogen-bond acceptors (Lipinski definition) is 1. The summed E-state index contributed by atoms with van der Waals surface area (Å²) in [4.78, 5) is 3.31. The van der Waals surface area contributed by atoms with E-state index in [4.69, 9.17) is 5.11 Å². The summed E-state index contributed by atoms with van der Waals surface area (Å²) < 4.78 is 0. The molecule has 1 atom stereocenters. The van der Waals surface area contributed by atoms with E-state index in [-0.39, 0.29) is 0 Å². The SMILES string of the molecule is C=C(C)[C@H]1CC=C(C[NH+]2CC[NH+](CCO)CC2)CC1. The van der Waals surface area contributed by atoms with Crippen molar-refractivity contribution in [2.45, 2.75) is 26.2 Å². The van der Waals surface area contributed by atoms with Gasteiger partial charge in [-0.05, 0) is 37.7 Å². The number of nitrogens with one attached hydrogen (secondary N) is 2. The van der Waals surface area contributed by atoms with Crippen LogP contribution in [0.2, 0.25) is 0 Å². The lowest BCUT2D eigenvalue weighted by molar-refractivity contribution is -1.01. The summed E-state index contributed by atoms with van der Waals surface area (Å²) in [6, 6.07) is 0. The minimum atomic E-state index is 0.331. The van der Waals surface area contributed by atoms with E-state index in [2.05, 4.69) is 19.6 Å². The number of rotatable bonds is 5. The smallest absolute Gasteiger partial charge is 0.127 e. The maximum atomic E-state index is 8.97. The van der Waals surface area contributed by atoms with Gasteiger partial charge in [-0.25, -0.2) is 0 Å². The first-order valence-electron chi connectivity index (χ1n) is 7.80. The highest BCUT2D eigenvalue weighted by molar-refractivity contribution is 5.12. The first kappa shape index (κ1) is 14.8. The molecule has 2 aliphatic rings. The van der Waals surface area contributed by atoms with Crippen LogP contribution in [-0.4, -0.2) is 51.0 Å². The number of allylic oxidation sites excluding steroid dienone is 2. The molecule has 0 aromatic heterocycles. The summed E-state index contributed by atoms with van der Waals surface area (Å²) >= 11 is 0. The van der Waals surface area contributed by atoms with Crippen LogP contribution in [0.3, 0.4) is 0 Å². The summed E-state index contributed by atoms with van der Waals surface area (Å²) in [5.74, 6) is 0.726. The van der Waals surface area contributed by atoms with Crippen molar-refractivity contribution >= 4 is 0 Å². The Hall–Kier alpha value is -0.640. The molecular formula is C16H30N2O+2. The number of quaternary nitrogens is 2. The lowest BCUT2D eigenvalue weighted by Crippen LogP contribution is -3.28. The molecule has 2 rings (SSSR count). The lowest BCUT2D eigenvalue weighted by atomic mass is 9.85. The van der Waals surface area contributed by atoms with Crippen LogP contribution in [0.4, 0.5) is 0 Å². The summed E-state index contributed by atoms with van der Waals surface area (Å²) in [5.41, 5.74) is 3.02. The van der Waals surface area contributed by atoms with Gasteiger partial charge in [0.15, 0.2) is 0 Å². The zero-order valence-corrected chi connectivity index (χ0v) is 12.4. The largest absolute Gasteiger partial charge is 0.391 e. The second-order valence-corrected chi connectivity index (χ2v) is 6.33. The van der Waals surface area contributed by atoms with Crippen LogP contribution in [0.1, 0.15) is 26.2 Å². The Morgan fingerprint density at radius 1 is 1.32 bits per heavy atom. The molecule has 19 heavy (non-hydrogen) atoms. The number of aliphatic hydroxyl groups excluding tert-OH is 1. The van der Waals surface area contributed by atoms with Gasteiger partial charge in [-0.3, -0.25) is 0 Å². The van der Waals surface area contributed by atoms with Crippen LogP contribution in [-0.2, 0) is 0 Å². The standard InChI is InChI=1S/C16H28N2O/c1-14(2)16-5-3-15(4-6-16)13-18-9-7-17(8-10-18)11-12-19/h3,16,19H,1,4-13H2,2H3/p+2/t16-/m0/s1. The first-order valence-corrected chi connectivity index (χ1v) is 7.80. The molecule has 0 aromatic carbocycles. The molecule has 0 radical (unpaired) electrons. The Morgan fingerprint density at radius 2 is 2.00 bits per heavy atom. The molecule has 3 heteroatoms. The third-order valence-corrected chi connectivity index (χ3v) is 4.81. The summed E-state index contributed by atoms with van der Waals surface area (Å²) in [6.45, 7) is 13.7. The Kier molecular flexibility index (Phi) is 5.61. The minimum absolute atomic E-state index is 0.331. The van der Waals surface area contributed by atoms with Crippen molar-refractivity contribution in [2.75, 3.05) is 45.9 Å². The number of hydrogen-bond donors (Lipinski definition) is 3. The van der Waals surface area contributed by atoms with E-state index < -0.39 is 0 Å². The van der Waals surface area contributed by atoms with Crippen LogP contribution in [0.25, 0.3) is 0 Å². The maximum Gasteiger partial charge on any atom is 0.127 e. The third kappa shape index (κ3) is 4.44. The van der Waals surface area contributed by atoms with Gasteiger partial charge in [0.2, 0.25) is 0 Å². The Balaban J connectivity index is 1.73. The predicted molar refractivity (Wildman–Crippen MR) is 78.5 cm³/mol. The van der Waals surface area contributed by atoms with E-state index in [1.807, 2.05) is 0 Å². The molecule has 0 amide bonds. The molecule has 0 spiro atoms. The van der Waals surface area contributed by atoms with E-state index in [0.717, 1.165) is 12.5 Å². The molecule has 1 heterocycles. The quantitative estimate of drug-likeness (QED) is 0.551. The number of piperazine rings is 1. The molecule has 0 unspecified atom stereocenters. The van der Waals surface area contributed by atoms with Crippen molar-refractivity contribution in [1.82, 2.24) is 0 Å². The summed E-state index contributed by atoms with van der Waals surface area (Å²) in [5, 5.41) is 8.97. The van der Waals surface area contributed by atoms with Crippen molar-refractivity contribution in [3.05, 3.63) is 23.8 Å². The Bertz CT molecular complexity index is 330. The molecule has 108 valence electrons. The second-order valence-electron chi connectivity index (χ2n) is 6.33. The van der Waals surface area contributed by atoms with Crippen LogP contribution in [0.5, 0.6) is 0 Å². The van der Waals surface area contributed by atoms with E-state index in [1.165, 1.54) is 57.6 Å². The highest BCUT2D eigenvalue weighted by Gasteiger charge is 2.24. The van der Waals surface area contributed by atoms with Crippen molar-refractivity contribution in [1.29, 1.82) is 0 Å². The van der Waals surface area contributed by atoms with Gasteiger partial charge < -0.3 is 14.9 Å². The summed E-state index contributed by atoms with van der Waals surface area (Å²) in [6.07, 6.45) is 6.26. The topological polar surface area (TPSA) is 29.1 Å². The van der Waals surface area contributed by atoms with E-state index in [9.17, 15) is 0 Å². The molecule has 1 saturated heterocycles. The zero-order valence-electron chi connectivity index (χ0n) is 12.4. The minimum Gasteiger partial charge on any atom is -0.391 e. The fourth-order valence-electron chi connectivity index (χ4n) is 3.36. The third-order valence-electron chi connectivity index (χ3n) is 4.81. The molecule has 3 N–H and O–H groups in total. The van der Waals surface area contributed by atoms with Crippen molar-refractivity contribution in [2.24, 2.45) is 5.92 Å². The molecule has 0 saturated carbocycles. The molecule has 1 aliphatic carbocycles. The number of aliphatic hydroxyl groups is 1. The fourth-order valence-corrected chi connectivity index (χ4v) is 3.36. The van der Waals surface area contributed by atoms with Gasteiger partial charge in [0.05, 0.1) is 13.2 Å². The maximum absolute atomic E-state index is 8.97. The highest BCUT2D eigenvalue weighted by atomic mass is 16.3. The zero-order chi connectivity index (χ0) is 13.7. The van der Waals surface area contributed by atoms with Crippen LogP contribution >= 0.6 is 0 Å². The van der Waals surface area contributed by atoms with Gasteiger partial charge in [-0.15, -0.1) is 0 Å². The fraction of sp³-hybridized carbons (Fsp3) is 0.750. The molecule has 0 aromatic rings. The van der Waals surface area contributed by atoms with Crippen molar-refractivity contribution in [3.8, 4) is 0 Å². The second kappa shape index (κ2) is 7.22. The van der Waals surface area contributed by atoms with Crippen LogP contribution in [0.15, 0.2) is 23.8 Å². The average molecular weight is 266 g/mol. The van der Waals surface area contributed by atoms with E-state index in [0.29, 0.717) is 6.61 Å². The first-order chi connectivity index (χ1) is 9.19. The molecule has 1 fully saturated rings. The lowest BCUT2D eigenvalue weighted by Gasteiger charge is -2.31. The van der Waals surface area contributed by atoms with Gasteiger partial charge in [-0.2, -0.15) is 0 Å². The van der Waals surface area contributed by atoms with Gasteiger partial charge >= 0.3 is 0 Å². The van der Waals surface area contributed by atoms with E-state index >= 15 is 0 Å². The predicted octanol–water partition coefficient (Wildman–Crippen LogP) is -0.935. The van der Waals surface area contributed by atoms with Crippen molar-refractivity contribution in [3.63, 3.8) is 0 Å². The summed E-state index contributed by atoms with van der Waals surface area (Å²) in [7, 11) is 0. The normalized spacial score (nSPS) is 31.9. The molecule has 1 aliphatic heterocycles. The monoisotopic (exact) mass is 266 g/mol. The van der Waals surface area contributed by atoms with Crippen molar-refractivity contribution < 1.29 is 14.9 Å².